The highest BCUT2D eigenvalue weighted by Gasteiger charge is 2.23. The van der Waals surface area contributed by atoms with Crippen molar-refractivity contribution in [1.29, 1.82) is 0 Å². The van der Waals surface area contributed by atoms with Crippen molar-refractivity contribution in [2.45, 2.75) is 231 Å². The van der Waals surface area contributed by atoms with Gasteiger partial charge in [0, 0.05) is 6.42 Å². The number of nitrogens with zero attached hydrogens (tertiary/aromatic N) is 1. The van der Waals surface area contributed by atoms with Gasteiger partial charge in [0.25, 0.3) is 7.82 Å². The molecular weight excluding hydrogens is 792 g/mol. The Kier molecular flexibility index (Phi) is 43.1. The van der Waals surface area contributed by atoms with Gasteiger partial charge in [-0.05, 0) is 77.0 Å². The second kappa shape index (κ2) is 44.4. The van der Waals surface area contributed by atoms with E-state index in [0.29, 0.717) is 17.4 Å². The van der Waals surface area contributed by atoms with Crippen molar-refractivity contribution >= 4 is 13.7 Å². The predicted molar refractivity (Wildman–Crippen MR) is 265 cm³/mol. The highest BCUT2D eigenvalue weighted by atomic mass is 31.2. The normalized spacial score (nSPS) is 14.6. The molecule has 0 fully saturated rings. The third kappa shape index (κ3) is 46.2. The first-order valence-corrected chi connectivity index (χ1v) is 27.1. The second-order valence-electron chi connectivity index (χ2n) is 18.5. The van der Waals surface area contributed by atoms with Crippen molar-refractivity contribution in [3.05, 3.63) is 60.8 Å². The Labute approximate surface area is 383 Å². The van der Waals surface area contributed by atoms with E-state index >= 15 is 0 Å². The summed E-state index contributed by atoms with van der Waals surface area (Å²) in [6.45, 7) is 4.59. The summed E-state index contributed by atoms with van der Waals surface area (Å²) in [7, 11) is 1.23. The number of rotatable bonds is 46. The van der Waals surface area contributed by atoms with Crippen LogP contribution < -0.4 is 10.2 Å². The minimum absolute atomic E-state index is 0.0107. The van der Waals surface area contributed by atoms with Crippen molar-refractivity contribution in [1.82, 2.24) is 5.32 Å². The third-order valence-electron chi connectivity index (χ3n) is 11.2. The Balaban J connectivity index is 4.29. The third-order valence-corrected chi connectivity index (χ3v) is 12.1. The van der Waals surface area contributed by atoms with Crippen LogP contribution in [-0.4, -0.2) is 68.5 Å². The average molecular weight is 891 g/mol. The molecule has 0 aromatic carbocycles. The number of unbranched alkanes of at least 4 members (excludes halogenated alkanes) is 25. The minimum Gasteiger partial charge on any atom is -0.756 e. The van der Waals surface area contributed by atoms with Gasteiger partial charge in [-0.15, -0.1) is 0 Å². The van der Waals surface area contributed by atoms with E-state index in [1.807, 2.05) is 27.2 Å². The summed E-state index contributed by atoms with van der Waals surface area (Å²) in [6, 6.07) is -0.911. The van der Waals surface area contributed by atoms with Gasteiger partial charge in [-0.2, -0.15) is 0 Å². The predicted octanol–water partition coefficient (Wildman–Crippen LogP) is 14.3. The quantitative estimate of drug-likeness (QED) is 0.0273. The van der Waals surface area contributed by atoms with Gasteiger partial charge in [0.05, 0.1) is 39.9 Å². The van der Waals surface area contributed by atoms with Crippen molar-refractivity contribution in [2.75, 3.05) is 40.9 Å². The summed E-state index contributed by atoms with van der Waals surface area (Å²) >= 11 is 0. The van der Waals surface area contributed by atoms with Crippen LogP contribution in [0.2, 0.25) is 0 Å². The topological polar surface area (TPSA) is 108 Å². The molecule has 0 saturated heterocycles. The average Bonchev–Trinajstić information content (AvgIpc) is 3.23. The van der Waals surface area contributed by atoms with E-state index in [1.165, 1.54) is 148 Å². The van der Waals surface area contributed by atoms with Crippen molar-refractivity contribution < 1.29 is 32.9 Å². The number of likely N-dealkylation sites (N-methyl/N-ethyl adjacent to an activating group) is 1. The van der Waals surface area contributed by atoms with E-state index in [9.17, 15) is 19.4 Å². The summed E-state index contributed by atoms with van der Waals surface area (Å²) in [4.78, 5) is 25.4. The van der Waals surface area contributed by atoms with E-state index in [-0.39, 0.29) is 12.5 Å². The standard InChI is InChI=1S/C53H99N2O6P/c1-6-8-10-12-14-16-18-20-22-23-24-25-26-27-28-29-30-31-33-35-37-39-41-43-45-47-53(57)54-51(50-61-62(58,59)60-49-48-55(3,4)5)52(56)46-44-42-40-38-36-34-32-21-19-17-15-13-11-9-7-2/h18-21,23-24,36,38,44,46,51-52,56H,6-17,22,25-35,37,39-43,45,47-50H2,1-5H3,(H-,54,57,58,59)/b20-18-,21-19+,24-23-,38-36+,46-44+. The van der Waals surface area contributed by atoms with E-state index in [1.54, 1.807) is 6.08 Å². The molecule has 0 aromatic heterocycles. The number of hydrogen-bond donors (Lipinski definition) is 2. The molecule has 62 heavy (non-hydrogen) atoms. The first-order valence-electron chi connectivity index (χ1n) is 25.7. The molecule has 0 saturated carbocycles. The van der Waals surface area contributed by atoms with E-state index < -0.39 is 26.6 Å². The summed E-state index contributed by atoms with van der Waals surface area (Å²) in [5.74, 6) is -0.214. The van der Waals surface area contributed by atoms with Gasteiger partial charge in [-0.3, -0.25) is 9.36 Å². The first kappa shape index (κ1) is 60.2. The monoisotopic (exact) mass is 891 g/mol. The number of phosphoric acid groups is 1. The van der Waals surface area contributed by atoms with Crippen LogP contribution in [0.4, 0.5) is 0 Å². The van der Waals surface area contributed by atoms with E-state index in [0.717, 1.165) is 51.4 Å². The Morgan fingerprint density at radius 2 is 0.952 bits per heavy atom. The molecule has 362 valence electrons. The lowest BCUT2D eigenvalue weighted by Gasteiger charge is -2.29. The molecule has 1 amide bonds. The van der Waals surface area contributed by atoms with Crippen molar-refractivity contribution in [3.8, 4) is 0 Å². The first-order chi connectivity index (χ1) is 30.0. The lowest BCUT2D eigenvalue weighted by atomic mass is 10.0. The summed E-state index contributed by atoms with van der Waals surface area (Å²) < 4.78 is 23.2. The smallest absolute Gasteiger partial charge is 0.268 e. The number of phosphoric ester groups is 1. The van der Waals surface area contributed by atoms with Crippen LogP contribution in [0.15, 0.2) is 60.8 Å². The fraction of sp³-hybridized carbons (Fsp3) is 0.792. The molecule has 0 bridgehead atoms. The van der Waals surface area contributed by atoms with Crippen LogP contribution in [0.5, 0.6) is 0 Å². The number of carbonyl (C=O) groups excluding carboxylic acids is 1. The minimum atomic E-state index is -4.60. The Morgan fingerprint density at radius 1 is 0.565 bits per heavy atom. The molecule has 8 nitrogen and oxygen atoms in total. The fourth-order valence-electron chi connectivity index (χ4n) is 7.10. The Bertz CT molecular complexity index is 1190. The van der Waals surface area contributed by atoms with Crippen molar-refractivity contribution in [2.24, 2.45) is 0 Å². The van der Waals surface area contributed by atoms with Crippen LogP contribution in [0.25, 0.3) is 0 Å². The Hall–Kier alpha value is -1.80. The maximum atomic E-state index is 12.9. The number of aliphatic hydroxyl groups is 1. The molecule has 0 rings (SSSR count). The van der Waals surface area contributed by atoms with Gasteiger partial charge in [-0.1, -0.05) is 197 Å². The SMILES string of the molecule is CCCCCCC/C=C\C/C=C\CCCCCCCCCCCCCCCC(=O)NC(COP(=O)([O-])OCC[N+](C)(C)C)C(O)/C=C/CC/C=C/CC/C=C/CCCCCCC. The molecule has 0 spiro atoms. The maximum Gasteiger partial charge on any atom is 0.268 e. The highest BCUT2D eigenvalue weighted by molar-refractivity contribution is 7.45. The number of aliphatic hydroxyl groups excluding tert-OH is 1. The second-order valence-corrected chi connectivity index (χ2v) is 19.9. The maximum absolute atomic E-state index is 12.9. The van der Waals surface area contributed by atoms with Crippen LogP contribution in [0.1, 0.15) is 219 Å². The number of allylic oxidation sites excluding steroid dienone is 9. The van der Waals surface area contributed by atoms with Crippen LogP contribution in [0.3, 0.4) is 0 Å². The van der Waals surface area contributed by atoms with Crippen LogP contribution in [0, 0.1) is 0 Å². The molecule has 0 aliphatic carbocycles. The number of hydrogen-bond acceptors (Lipinski definition) is 6. The van der Waals surface area contributed by atoms with Gasteiger partial charge in [-0.25, -0.2) is 0 Å². The highest BCUT2D eigenvalue weighted by Crippen LogP contribution is 2.38. The Morgan fingerprint density at radius 3 is 1.40 bits per heavy atom. The van der Waals surface area contributed by atoms with E-state index in [2.05, 4.69) is 67.8 Å². The lowest BCUT2D eigenvalue weighted by molar-refractivity contribution is -0.870. The molecule has 3 atom stereocenters. The molecule has 0 aliphatic heterocycles. The molecule has 9 heteroatoms. The van der Waals surface area contributed by atoms with Gasteiger partial charge < -0.3 is 28.8 Å². The summed E-state index contributed by atoms with van der Waals surface area (Å²) in [5.41, 5.74) is 0. The largest absolute Gasteiger partial charge is 0.756 e. The molecule has 0 heterocycles. The van der Waals surface area contributed by atoms with E-state index in [4.69, 9.17) is 9.05 Å². The molecule has 2 N–H and O–H groups in total. The molecule has 0 aromatic rings. The van der Waals surface area contributed by atoms with Crippen LogP contribution >= 0.6 is 7.82 Å². The van der Waals surface area contributed by atoms with Gasteiger partial charge in [0.1, 0.15) is 13.2 Å². The van der Waals surface area contributed by atoms with Gasteiger partial charge >= 0.3 is 0 Å². The molecule has 0 radical (unpaired) electrons. The summed E-state index contributed by atoms with van der Waals surface area (Å²) in [6.07, 6.45) is 58.5. The molecule has 0 aliphatic rings. The molecule has 3 unspecified atom stereocenters. The fourth-order valence-corrected chi connectivity index (χ4v) is 7.82. The number of quaternary nitrogens is 1. The van der Waals surface area contributed by atoms with Crippen molar-refractivity contribution in [3.63, 3.8) is 0 Å². The zero-order chi connectivity index (χ0) is 45.7. The molecular formula is C53H99N2O6P. The zero-order valence-corrected chi connectivity index (χ0v) is 42.0. The van der Waals surface area contributed by atoms with Gasteiger partial charge in [0.15, 0.2) is 0 Å². The zero-order valence-electron chi connectivity index (χ0n) is 41.1. The number of amides is 1. The number of nitrogens with one attached hydrogen (secondary N) is 1. The lowest BCUT2D eigenvalue weighted by Crippen LogP contribution is -2.45. The van der Waals surface area contributed by atoms with Crippen LogP contribution in [-0.2, 0) is 18.4 Å². The van der Waals surface area contributed by atoms with Gasteiger partial charge in [0.2, 0.25) is 5.91 Å². The number of carbonyl (C=O) groups is 1. The summed E-state index contributed by atoms with van der Waals surface area (Å²) in [5, 5.41) is 13.8.